The number of nitrogens with zero attached hydrogens (tertiary/aromatic N) is 1. The highest BCUT2D eigenvalue weighted by atomic mass is 19.1. The standard InChI is InChI=1S/C13H12FN3O2/c1-19-12-3-2-8(6-10(12)14)17-13(18)9-4-5-16-7-11(9)15/h2-7H,15H2,1H3,(H,17,18). The van der Waals surface area contributed by atoms with E-state index >= 15 is 0 Å². The lowest BCUT2D eigenvalue weighted by Gasteiger charge is -2.08. The number of carbonyl (C=O) groups is 1. The first-order valence-corrected chi connectivity index (χ1v) is 5.46. The highest BCUT2D eigenvalue weighted by Crippen LogP contribution is 2.21. The van der Waals surface area contributed by atoms with Crippen LogP contribution in [0.25, 0.3) is 0 Å². The second-order valence-electron chi connectivity index (χ2n) is 3.77. The summed E-state index contributed by atoms with van der Waals surface area (Å²) in [5.74, 6) is -0.867. The number of nitrogens with two attached hydrogens (primary N) is 1. The zero-order valence-corrected chi connectivity index (χ0v) is 10.2. The van der Waals surface area contributed by atoms with Crippen molar-refractivity contribution in [2.24, 2.45) is 0 Å². The molecule has 1 heterocycles. The van der Waals surface area contributed by atoms with Crippen molar-refractivity contribution in [2.75, 3.05) is 18.2 Å². The Labute approximate surface area is 109 Å². The van der Waals surface area contributed by atoms with E-state index in [0.29, 0.717) is 5.69 Å². The van der Waals surface area contributed by atoms with Gasteiger partial charge in [0.15, 0.2) is 11.6 Å². The maximum absolute atomic E-state index is 13.5. The lowest BCUT2D eigenvalue weighted by Crippen LogP contribution is -2.14. The minimum atomic E-state index is -0.553. The summed E-state index contributed by atoms with van der Waals surface area (Å²) in [6.07, 6.45) is 2.84. The lowest BCUT2D eigenvalue weighted by atomic mass is 10.2. The van der Waals surface area contributed by atoms with Crippen molar-refractivity contribution in [3.05, 3.63) is 48.0 Å². The molecule has 0 radical (unpaired) electrons. The molecule has 0 aliphatic carbocycles. The van der Waals surface area contributed by atoms with Gasteiger partial charge in [-0.1, -0.05) is 0 Å². The first kappa shape index (κ1) is 12.8. The third-order valence-corrected chi connectivity index (χ3v) is 2.51. The SMILES string of the molecule is COc1ccc(NC(=O)c2ccncc2N)cc1F. The van der Waals surface area contributed by atoms with Crippen LogP contribution in [0.1, 0.15) is 10.4 Å². The number of methoxy groups -OCH3 is 1. The zero-order chi connectivity index (χ0) is 13.8. The molecule has 0 saturated heterocycles. The first-order valence-electron chi connectivity index (χ1n) is 5.46. The largest absolute Gasteiger partial charge is 0.494 e. The van der Waals surface area contributed by atoms with Crippen LogP contribution < -0.4 is 15.8 Å². The average Bonchev–Trinajstić information content (AvgIpc) is 2.39. The fourth-order valence-electron chi connectivity index (χ4n) is 1.56. The number of benzene rings is 1. The van der Waals surface area contributed by atoms with E-state index in [2.05, 4.69) is 10.3 Å². The van der Waals surface area contributed by atoms with Gasteiger partial charge in [0.05, 0.1) is 24.6 Å². The Bertz CT molecular complexity index is 617. The van der Waals surface area contributed by atoms with Crippen molar-refractivity contribution >= 4 is 17.3 Å². The number of aromatic nitrogens is 1. The second-order valence-corrected chi connectivity index (χ2v) is 3.77. The van der Waals surface area contributed by atoms with Crippen molar-refractivity contribution in [3.63, 3.8) is 0 Å². The van der Waals surface area contributed by atoms with Crippen molar-refractivity contribution < 1.29 is 13.9 Å². The van der Waals surface area contributed by atoms with E-state index in [9.17, 15) is 9.18 Å². The number of amides is 1. The molecule has 0 saturated carbocycles. The molecule has 0 fully saturated rings. The molecule has 0 atom stereocenters. The summed E-state index contributed by atoms with van der Waals surface area (Å²) in [5, 5.41) is 2.55. The van der Waals surface area contributed by atoms with Crippen LogP contribution >= 0.6 is 0 Å². The molecular weight excluding hydrogens is 249 g/mol. The van der Waals surface area contributed by atoms with Crippen LogP contribution in [0.2, 0.25) is 0 Å². The van der Waals surface area contributed by atoms with Gasteiger partial charge in [-0.3, -0.25) is 9.78 Å². The van der Waals surface area contributed by atoms with Crippen molar-refractivity contribution in [1.82, 2.24) is 4.98 Å². The molecule has 0 spiro atoms. The Balaban J connectivity index is 2.20. The molecule has 2 aromatic rings. The molecule has 0 aliphatic rings. The molecule has 1 aromatic carbocycles. The van der Waals surface area contributed by atoms with Crippen molar-refractivity contribution in [3.8, 4) is 5.75 Å². The van der Waals surface area contributed by atoms with Gasteiger partial charge in [0, 0.05) is 18.0 Å². The number of anilines is 2. The van der Waals surface area contributed by atoms with Crippen LogP contribution in [0.3, 0.4) is 0 Å². The summed E-state index contributed by atoms with van der Waals surface area (Å²) in [6.45, 7) is 0. The minimum absolute atomic E-state index is 0.112. The summed E-state index contributed by atoms with van der Waals surface area (Å²) in [6, 6.07) is 5.64. The van der Waals surface area contributed by atoms with Crippen LogP contribution in [-0.4, -0.2) is 18.0 Å². The van der Waals surface area contributed by atoms with Gasteiger partial charge in [-0.2, -0.15) is 0 Å². The Kier molecular flexibility index (Phi) is 3.61. The highest BCUT2D eigenvalue weighted by Gasteiger charge is 2.11. The normalized spacial score (nSPS) is 10.0. The third-order valence-electron chi connectivity index (χ3n) is 2.51. The molecule has 0 aliphatic heterocycles. The van der Waals surface area contributed by atoms with Crippen molar-refractivity contribution in [1.29, 1.82) is 0 Å². The topological polar surface area (TPSA) is 77.2 Å². The van der Waals surface area contributed by atoms with E-state index in [0.717, 1.165) is 0 Å². The molecule has 5 nitrogen and oxygen atoms in total. The van der Waals surface area contributed by atoms with E-state index in [-0.39, 0.29) is 17.0 Å². The predicted molar refractivity (Wildman–Crippen MR) is 69.6 cm³/mol. The van der Waals surface area contributed by atoms with Gasteiger partial charge in [-0.25, -0.2) is 4.39 Å². The number of nitrogen functional groups attached to an aromatic ring is 1. The Morgan fingerprint density at radius 1 is 1.42 bits per heavy atom. The second kappa shape index (κ2) is 5.34. The fourth-order valence-corrected chi connectivity index (χ4v) is 1.56. The number of pyridine rings is 1. The van der Waals surface area contributed by atoms with E-state index < -0.39 is 11.7 Å². The number of rotatable bonds is 3. The Morgan fingerprint density at radius 2 is 2.21 bits per heavy atom. The maximum atomic E-state index is 13.5. The Hall–Kier alpha value is -2.63. The van der Waals surface area contributed by atoms with Crippen LogP contribution in [-0.2, 0) is 0 Å². The van der Waals surface area contributed by atoms with Gasteiger partial charge in [0.2, 0.25) is 0 Å². The lowest BCUT2D eigenvalue weighted by molar-refractivity contribution is 0.102. The number of hydrogen-bond donors (Lipinski definition) is 2. The van der Waals surface area contributed by atoms with Crippen molar-refractivity contribution in [2.45, 2.75) is 0 Å². The molecular formula is C13H12FN3O2. The summed E-state index contributed by atoms with van der Waals surface area (Å²) in [5.41, 5.74) is 6.49. The molecule has 98 valence electrons. The number of halogens is 1. The predicted octanol–water partition coefficient (Wildman–Crippen LogP) is 2.06. The van der Waals surface area contributed by atoms with Crippen LogP contribution in [0.5, 0.6) is 5.75 Å². The fraction of sp³-hybridized carbons (Fsp3) is 0.0769. The monoisotopic (exact) mass is 261 g/mol. The molecule has 3 N–H and O–H groups in total. The number of carbonyl (C=O) groups excluding carboxylic acids is 1. The first-order chi connectivity index (χ1) is 9.11. The van der Waals surface area contributed by atoms with Crippen LogP contribution in [0.15, 0.2) is 36.7 Å². The molecule has 0 bridgehead atoms. The summed E-state index contributed by atoms with van der Waals surface area (Å²) in [4.78, 5) is 15.7. The van der Waals surface area contributed by atoms with Crippen LogP contribution in [0, 0.1) is 5.82 Å². The molecule has 19 heavy (non-hydrogen) atoms. The zero-order valence-electron chi connectivity index (χ0n) is 10.2. The van der Waals surface area contributed by atoms with Gasteiger partial charge in [0.25, 0.3) is 5.91 Å². The number of nitrogens with one attached hydrogen (secondary N) is 1. The van der Waals surface area contributed by atoms with Gasteiger partial charge < -0.3 is 15.8 Å². The smallest absolute Gasteiger partial charge is 0.257 e. The van der Waals surface area contributed by atoms with E-state index in [1.165, 1.54) is 43.8 Å². The third kappa shape index (κ3) is 2.79. The summed E-state index contributed by atoms with van der Waals surface area (Å²) < 4.78 is 18.3. The van der Waals surface area contributed by atoms with Gasteiger partial charge >= 0.3 is 0 Å². The number of ether oxygens (including phenoxy) is 1. The minimum Gasteiger partial charge on any atom is -0.494 e. The molecule has 2 rings (SSSR count). The summed E-state index contributed by atoms with van der Waals surface area (Å²) >= 11 is 0. The molecule has 0 unspecified atom stereocenters. The maximum Gasteiger partial charge on any atom is 0.257 e. The molecule has 6 heteroatoms. The van der Waals surface area contributed by atoms with Gasteiger partial charge in [-0.15, -0.1) is 0 Å². The highest BCUT2D eigenvalue weighted by molar-refractivity contribution is 6.07. The van der Waals surface area contributed by atoms with E-state index in [4.69, 9.17) is 10.5 Å². The average molecular weight is 261 g/mol. The summed E-state index contributed by atoms with van der Waals surface area (Å²) in [7, 11) is 1.37. The number of hydrogen-bond acceptors (Lipinski definition) is 4. The van der Waals surface area contributed by atoms with Gasteiger partial charge in [0.1, 0.15) is 0 Å². The quantitative estimate of drug-likeness (QED) is 0.886. The molecule has 1 aromatic heterocycles. The molecule has 1 amide bonds. The van der Waals surface area contributed by atoms with Gasteiger partial charge in [-0.05, 0) is 18.2 Å². The van der Waals surface area contributed by atoms with E-state index in [1.54, 1.807) is 0 Å². The van der Waals surface area contributed by atoms with Crippen LogP contribution in [0.4, 0.5) is 15.8 Å². The Morgan fingerprint density at radius 3 is 2.84 bits per heavy atom. The van der Waals surface area contributed by atoms with E-state index in [1.807, 2.05) is 0 Å².